The quantitative estimate of drug-likeness (QED) is 0.562. The van der Waals surface area contributed by atoms with Crippen LogP contribution in [0.2, 0.25) is 18.6 Å². The normalized spacial score (nSPS) is 21.5. The van der Waals surface area contributed by atoms with Crippen molar-refractivity contribution in [3.05, 3.63) is 30.3 Å². The number of rotatable bonds is 2. The first kappa shape index (κ1) is 10.4. The van der Waals surface area contributed by atoms with Crippen molar-refractivity contribution in [2.24, 2.45) is 0 Å². The first-order valence-electron chi connectivity index (χ1n) is 5.32. The van der Waals surface area contributed by atoms with E-state index < -0.39 is 8.07 Å². The zero-order valence-corrected chi connectivity index (χ0v) is 10.2. The minimum atomic E-state index is -1.53. The zero-order chi connectivity index (χ0) is 10.9. The molecule has 0 aromatic heterocycles. The Balaban J connectivity index is 2.23. The number of hydrogen-bond acceptors (Lipinski definition) is 2. The predicted octanol–water partition coefficient (Wildman–Crippen LogP) is 1.92. The largest absolute Gasteiger partial charge is 0.466 e. The number of esters is 1. The Morgan fingerprint density at radius 3 is 2.47 bits per heavy atom. The molecule has 0 radical (unpaired) electrons. The molecule has 3 heteroatoms. The Labute approximate surface area is 91.3 Å². The molecule has 15 heavy (non-hydrogen) atoms. The van der Waals surface area contributed by atoms with Crippen LogP contribution in [-0.4, -0.2) is 20.7 Å². The van der Waals surface area contributed by atoms with Gasteiger partial charge in [0.15, 0.2) is 0 Å². The molecule has 2 rings (SSSR count). The van der Waals surface area contributed by atoms with Crippen molar-refractivity contribution in [2.45, 2.75) is 25.1 Å². The van der Waals surface area contributed by atoms with Gasteiger partial charge in [-0.25, -0.2) is 0 Å². The van der Waals surface area contributed by atoms with Gasteiger partial charge in [0.2, 0.25) is 0 Å². The minimum absolute atomic E-state index is 0.0310. The van der Waals surface area contributed by atoms with Crippen molar-refractivity contribution in [3.8, 4) is 0 Å². The molecule has 1 aromatic carbocycles. The number of hydrogen-bond donors (Lipinski definition) is 0. The van der Waals surface area contributed by atoms with E-state index in [0.29, 0.717) is 18.6 Å². The third-order valence-corrected chi connectivity index (χ3v) is 7.63. The van der Waals surface area contributed by atoms with Gasteiger partial charge in [-0.15, -0.1) is 0 Å². The highest BCUT2D eigenvalue weighted by Gasteiger charge is 2.39. The standard InChI is InChI=1S/C12H16O2Si/c1-15(2,10-6-4-3-5-7-10)11-8-12(13)14-9-11/h3-7,11H,8-9H2,1-2H3/t11-/m0/s1. The molecule has 0 amide bonds. The van der Waals surface area contributed by atoms with Crippen LogP contribution in [0.1, 0.15) is 6.42 Å². The average Bonchev–Trinajstić information content (AvgIpc) is 2.67. The van der Waals surface area contributed by atoms with Crippen LogP contribution in [-0.2, 0) is 9.53 Å². The van der Waals surface area contributed by atoms with Crippen LogP contribution in [0.5, 0.6) is 0 Å². The Kier molecular flexibility index (Phi) is 2.65. The number of carbonyl (C=O) groups excluding carboxylic acids is 1. The summed E-state index contributed by atoms with van der Waals surface area (Å²) < 4.78 is 5.07. The third-order valence-electron chi connectivity index (χ3n) is 3.40. The van der Waals surface area contributed by atoms with E-state index in [-0.39, 0.29) is 5.97 Å². The summed E-state index contributed by atoms with van der Waals surface area (Å²) in [5.74, 6) is -0.0310. The summed E-state index contributed by atoms with van der Waals surface area (Å²) in [5.41, 5.74) is 0.437. The van der Waals surface area contributed by atoms with Crippen molar-refractivity contribution in [3.63, 3.8) is 0 Å². The molecule has 80 valence electrons. The van der Waals surface area contributed by atoms with E-state index >= 15 is 0 Å². The lowest BCUT2D eigenvalue weighted by Crippen LogP contribution is -2.46. The molecule has 0 saturated carbocycles. The van der Waals surface area contributed by atoms with Gasteiger partial charge in [-0.05, 0) is 0 Å². The maximum Gasteiger partial charge on any atom is 0.305 e. The van der Waals surface area contributed by atoms with Gasteiger partial charge in [-0.1, -0.05) is 48.6 Å². The molecule has 0 bridgehead atoms. The Hall–Kier alpha value is -1.09. The van der Waals surface area contributed by atoms with E-state index in [4.69, 9.17) is 4.74 Å². The van der Waals surface area contributed by atoms with Crippen LogP contribution in [0.3, 0.4) is 0 Å². The lowest BCUT2D eigenvalue weighted by molar-refractivity contribution is -0.137. The summed E-state index contributed by atoms with van der Waals surface area (Å²) in [6.45, 7) is 5.25. The fourth-order valence-electron chi connectivity index (χ4n) is 2.08. The molecule has 1 atom stereocenters. The molecular weight excluding hydrogens is 204 g/mol. The average molecular weight is 220 g/mol. The van der Waals surface area contributed by atoms with Gasteiger partial charge in [0.25, 0.3) is 0 Å². The molecule has 1 fully saturated rings. The smallest absolute Gasteiger partial charge is 0.305 e. The van der Waals surface area contributed by atoms with E-state index in [2.05, 4.69) is 37.4 Å². The van der Waals surface area contributed by atoms with Crippen molar-refractivity contribution in [1.82, 2.24) is 0 Å². The highest BCUT2D eigenvalue weighted by Crippen LogP contribution is 2.30. The summed E-state index contributed by atoms with van der Waals surface area (Å²) in [4.78, 5) is 11.1. The highest BCUT2D eigenvalue weighted by molar-refractivity contribution is 6.91. The van der Waals surface area contributed by atoms with Gasteiger partial charge in [-0.2, -0.15) is 0 Å². The van der Waals surface area contributed by atoms with Gasteiger partial charge in [0.05, 0.1) is 14.7 Å². The molecule has 1 heterocycles. The maximum atomic E-state index is 11.1. The summed E-state index contributed by atoms with van der Waals surface area (Å²) in [7, 11) is -1.53. The van der Waals surface area contributed by atoms with E-state index in [9.17, 15) is 4.79 Å². The first-order valence-corrected chi connectivity index (χ1v) is 8.39. The Morgan fingerprint density at radius 1 is 1.27 bits per heavy atom. The minimum Gasteiger partial charge on any atom is -0.466 e. The lowest BCUT2D eigenvalue weighted by atomic mass is 10.3. The highest BCUT2D eigenvalue weighted by atomic mass is 28.3. The number of ether oxygens (including phenoxy) is 1. The van der Waals surface area contributed by atoms with Crippen molar-refractivity contribution in [2.75, 3.05) is 6.61 Å². The molecule has 2 nitrogen and oxygen atoms in total. The van der Waals surface area contributed by atoms with Gasteiger partial charge in [0, 0.05) is 12.0 Å². The third kappa shape index (κ3) is 1.97. The second kappa shape index (κ2) is 3.81. The molecule has 0 spiro atoms. The van der Waals surface area contributed by atoms with E-state index in [0.717, 1.165) is 0 Å². The molecular formula is C12H16O2Si. The van der Waals surface area contributed by atoms with E-state index in [1.807, 2.05) is 6.07 Å². The van der Waals surface area contributed by atoms with Gasteiger partial charge >= 0.3 is 5.97 Å². The molecule has 0 aliphatic carbocycles. The van der Waals surface area contributed by atoms with Crippen LogP contribution in [0.4, 0.5) is 0 Å². The monoisotopic (exact) mass is 220 g/mol. The molecule has 1 saturated heterocycles. The van der Waals surface area contributed by atoms with Gasteiger partial charge in [0.1, 0.15) is 0 Å². The van der Waals surface area contributed by atoms with Crippen LogP contribution in [0.15, 0.2) is 30.3 Å². The SMILES string of the molecule is C[Si](C)(c1ccccc1)[C@@H]1COC(=O)C1. The topological polar surface area (TPSA) is 26.3 Å². The molecule has 0 N–H and O–H groups in total. The fourth-order valence-corrected chi connectivity index (χ4v) is 4.78. The van der Waals surface area contributed by atoms with Crippen molar-refractivity contribution in [1.29, 1.82) is 0 Å². The van der Waals surface area contributed by atoms with Crippen LogP contribution in [0.25, 0.3) is 0 Å². The van der Waals surface area contributed by atoms with E-state index in [1.54, 1.807) is 0 Å². The maximum absolute atomic E-state index is 11.1. The summed E-state index contributed by atoms with van der Waals surface area (Å²) >= 11 is 0. The van der Waals surface area contributed by atoms with Gasteiger partial charge < -0.3 is 4.74 Å². The molecule has 1 aliphatic rings. The number of benzene rings is 1. The van der Waals surface area contributed by atoms with Crippen LogP contribution in [0, 0.1) is 0 Å². The second-order valence-corrected chi connectivity index (χ2v) is 9.51. The Morgan fingerprint density at radius 2 is 1.93 bits per heavy atom. The Bertz CT molecular complexity index is 359. The number of cyclic esters (lactones) is 1. The first-order chi connectivity index (χ1) is 7.10. The summed E-state index contributed by atoms with van der Waals surface area (Å²) in [5, 5.41) is 1.41. The van der Waals surface area contributed by atoms with E-state index in [1.165, 1.54) is 5.19 Å². The van der Waals surface area contributed by atoms with Crippen molar-refractivity contribution >= 4 is 19.2 Å². The number of carbonyl (C=O) groups is 1. The van der Waals surface area contributed by atoms with Crippen molar-refractivity contribution < 1.29 is 9.53 Å². The zero-order valence-electron chi connectivity index (χ0n) is 9.19. The molecule has 1 aliphatic heterocycles. The molecule has 0 unspecified atom stereocenters. The predicted molar refractivity (Wildman–Crippen MR) is 62.9 cm³/mol. The summed E-state index contributed by atoms with van der Waals surface area (Å²) in [6.07, 6.45) is 0.605. The summed E-state index contributed by atoms with van der Waals surface area (Å²) in [6, 6.07) is 10.5. The second-order valence-electron chi connectivity index (χ2n) is 4.67. The van der Waals surface area contributed by atoms with Gasteiger partial charge in [-0.3, -0.25) is 4.79 Å². The fraction of sp³-hybridized carbons (Fsp3) is 0.417. The molecule has 1 aromatic rings. The van der Waals surface area contributed by atoms with Crippen LogP contribution >= 0.6 is 0 Å². The lowest BCUT2D eigenvalue weighted by Gasteiger charge is -2.27. The van der Waals surface area contributed by atoms with Crippen LogP contribution < -0.4 is 5.19 Å².